The first kappa shape index (κ1) is 13.5. The van der Waals surface area contributed by atoms with Gasteiger partial charge in [-0.25, -0.2) is 0 Å². The minimum atomic E-state index is 0.188. The molecule has 1 N–H and O–H groups in total. The number of rotatable bonds is 6. The van der Waals surface area contributed by atoms with E-state index in [1.165, 1.54) is 5.56 Å². The summed E-state index contributed by atoms with van der Waals surface area (Å²) in [6.07, 6.45) is 0.859. The van der Waals surface area contributed by atoms with E-state index in [4.69, 9.17) is 16.3 Å². The molecule has 2 nitrogen and oxygen atoms in total. The molecule has 0 saturated heterocycles. The Morgan fingerprint density at radius 2 is 1.94 bits per heavy atom. The van der Waals surface area contributed by atoms with Crippen LogP contribution < -0.4 is 0 Å². The Labute approximate surface area is 102 Å². The fraction of sp³-hybridized carbons (Fsp3) is 0.538. The van der Waals surface area contributed by atoms with Gasteiger partial charge in [-0.05, 0) is 36.0 Å². The maximum atomic E-state index is 9.36. The topological polar surface area (TPSA) is 29.5 Å². The first-order valence-electron chi connectivity index (χ1n) is 5.51. The second kappa shape index (κ2) is 6.89. The monoisotopic (exact) mass is 242 g/mol. The summed E-state index contributed by atoms with van der Waals surface area (Å²) in [5, 5.41) is 10.1. The lowest BCUT2D eigenvalue weighted by atomic mass is 9.89. The number of hydrogen-bond donors (Lipinski definition) is 1. The summed E-state index contributed by atoms with van der Waals surface area (Å²) in [6, 6.07) is 7.77. The van der Waals surface area contributed by atoms with E-state index in [2.05, 4.69) is 6.92 Å². The van der Waals surface area contributed by atoms with E-state index in [0.29, 0.717) is 12.5 Å². The number of ether oxygens (including phenoxy) is 1. The summed E-state index contributed by atoms with van der Waals surface area (Å²) < 4.78 is 5.11. The van der Waals surface area contributed by atoms with Crippen molar-refractivity contribution in [1.29, 1.82) is 0 Å². The number of hydrogen-bond acceptors (Lipinski definition) is 2. The minimum absolute atomic E-state index is 0.188. The van der Waals surface area contributed by atoms with Crippen LogP contribution in [0.4, 0.5) is 0 Å². The molecular weight excluding hydrogens is 224 g/mol. The van der Waals surface area contributed by atoms with Gasteiger partial charge < -0.3 is 9.84 Å². The zero-order chi connectivity index (χ0) is 12.0. The van der Waals surface area contributed by atoms with Gasteiger partial charge in [0.1, 0.15) is 0 Å². The molecule has 0 spiro atoms. The molecule has 1 rings (SSSR count). The summed E-state index contributed by atoms with van der Waals surface area (Å²) >= 11 is 5.82. The molecule has 0 aliphatic carbocycles. The molecule has 0 aliphatic heterocycles. The Morgan fingerprint density at radius 1 is 1.31 bits per heavy atom. The Bertz CT molecular complexity index is 297. The third-order valence-corrected chi connectivity index (χ3v) is 3.13. The molecule has 0 bridgehead atoms. The molecule has 0 saturated carbocycles. The summed E-state index contributed by atoms with van der Waals surface area (Å²) in [6.45, 7) is 2.96. The number of halogens is 1. The van der Waals surface area contributed by atoms with Crippen LogP contribution in [0.5, 0.6) is 0 Å². The van der Waals surface area contributed by atoms with Crippen molar-refractivity contribution in [2.45, 2.75) is 13.3 Å². The maximum absolute atomic E-state index is 9.36. The van der Waals surface area contributed by atoms with Crippen LogP contribution in [-0.4, -0.2) is 25.4 Å². The Morgan fingerprint density at radius 3 is 2.44 bits per heavy atom. The molecule has 0 aliphatic rings. The van der Waals surface area contributed by atoms with Crippen LogP contribution in [-0.2, 0) is 11.2 Å². The quantitative estimate of drug-likeness (QED) is 0.831. The highest BCUT2D eigenvalue weighted by Gasteiger charge is 2.16. The molecule has 0 amide bonds. The Hall–Kier alpha value is -0.570. The van der Waals surface area contributed by atoms with Gasteiger partial charge in [0, 0.05) is 25.3 Å². The largest absolute Gasteiger partial charge is 0.396 e. The van der Waals surface area contributed by atoms with E-state index in [-0.39, 0.29) is 12.5 Å². The average molecular weight is 243 g/mol. The van der Waals surface area contributed by atoms with Crippen molar-refractivity contribution >= 4 is 11.6 Å². The van der Waals surface area contributed by atoms with Crippen molar-refractivity contribution in [2.24, 2.45) is 11.8 Å². The Balaban J connectivity index is 2.59. The van der Waals surface area contributed by atoms with Crippen molar-refractivity contribution in [3.63, 3.8) is 0 Å². The summed E-state index contributed by atoms with van der Waals surface area (Å²) in [5.41, 5.74) is 1.20. The fourth-order valence-corrected chi connectivity index (χ4v) is 1.89. The number of methoxy groups -OCH3 is 1. The van der Waals surface area contributed by atoms with Crippen molar-refractivity contribution in [3.8, 4) is 0 Å². The van der Waals surface area contributed by atoms with E-state index < -0.39 is 0 Å². The van der Waals surface area contributed by atoms with Gasteiger partial charge in [0.25, 0.3) is 0 Å². The van der Waals surface area contributed by atoms with E-state index in [1.807, 2.05) is 24.3 Å². The average Bonchev–Trinajstić information content (AvgIpc) is 2.28. The van der Waals surface area contributed by atoms with E-state index in [0.717, 1.165) is 11.4 Å². The summed E-state index contributed by atoms with van der Waals surface area (Å²) in [7, 11) is 1.69. The zero-order valence-corrected chi connectivity index (χ0v) is 10.6. The lowest BCUT2D eigenvalue weighted by Gasteiger charge is -2.21. The highest BCUT2D eigenvalue weighted by atomic mass is 35.5. The van der Waals surface area contributed by atoms with Gasteiger partial charge in [0.2, 0.25) is 0 Å². The predicted molar refractivity (Wildman–Crippen MR) is 66.8 cm³/mol. The summed E-state index contributed by atoms with van der Waals surface area (Å²) in [5.74, 6) is 0.590. The first-order valence-corrected chi connectivity index (χ1v) is 5.89. The van der Waals surface area contributed by atoms with Crippen LogP contribution in [0.1, 0.15) is 12.5 Å². The third-order valence-electron chi connectivity index (χ3n) is 2.88. The van der Waals surface area contributed by atoms with Crippen molar-refractivity contribution in [3.05, 3.63) is 34.9 Å². The van der Waals surface area contributed by atoms with Crippen LogP contribution in [0.15, 0.2) is 24.3 Å². The Kier molecular flexibility index (Phi) is 5.81. The molecule has 1 aromatic rings. The molecule has 0 radical (unpaired) electrons. The molecule has 0 fully saturated rings. The van der Waals surface area contributed by atoms with Crippen LogP contribution in [0.2, 0.25) is 5.02 Å². The molecule has 2 atom stereocenters. The SMILES string of the molecule is COCC(C)C(CO)Cc1ccc(Cl)cc1. The maximum Gasteiger partial charge on any atom is 0.0491 e. The van der Waals surface area contributed by atoms with E-state index in [9.17, 15) is 5.11 Å². The van der Waals surface area contributed by atoms with Gasteiger partial charge in [-0.15, -0.1) is 0 Å². The molecule has 3 heteroatoms. The van der Waals surface area contributed by atoms with Crippen LogP contribution >= 0.6 is 11.6 Å². The fourth-order valence-electron chi connectivity index (χ4n) is 1.77. The van der Waals surface area contributed by atoms with Gasteiger partial charge in [0.15, 0.2) is 0 Å². The summed E-state index contributed by atoms with van der Waals surface area (Å²) in [4.78, 5) is 0. The molecule has 90 valence electrons. The van der Waals surface area contributed by atoms with Crippen molar-refractivity contribution < 1.29 is 9.84 Å². The van der Waals surface area contributed by atoms with Crippen LogP contribution in [0.25, 0.3) is 0 Å². The minimum Gasteiger partial charge on any atom is -0.396 e. The normalized spacial score (nSPS) is 14.8. The third kappa shape index (κ3) is 4.12. The number of aliphatic hydroxyl groups excluding tert-OH is 1. The lowest BCUT2D eigenvalue weighted by Crippen LogP contribution is -2.22. The zero-order valence-electron chi connectivity index (χ0n) is 9.82. The highest BCUT2D eigenvalue weighted by Crippen LogP contribution is 2.19. The van der Waals surface area contributed by atoms with Gasteiger partial charge in [0.05, 0.1) is 0 Å². The van der Waals surface area contributed by atoms with Crippen LogP contribution in [0, 0.1) is 11.8 Å². The molecule has 0 aromatic heterocycles. The molecule has 1 aromatic carbocycles. The van der Waals surface area contributed by atoms with Crippen molar-refractivity contribution in [1.82, 2.24) is 0 Å². The van der Waals surface area contributed by atoms with E-state index in [1.54, 1.807) is 7.11 Å². The molecule has 2 unspecified atom stereocenters. The van der Waals surface area contributed by atoms with Gasteiger partial charge in [-0.2, -0.15) is 0 Å². The number of aliphatic hydroxyl groups is 1. The predicted octanol–water partition coefficient (Wildman–Crippen LogP) is 2.77. The second-order valence-electron chi connectivity index (χ2n) is 4.21. The standard InChI is InChI=1S/C13H19ClO2/c1-10(9-16-2)12(8-15)7-11-3-5-13(14)6-4-11/h3-6,10,12,15H,7-9H2,1-2H3. The molecule has 0 heterocycles. The molecule has 16 heavy (non-hydrogen) atoms. The van der Waals surface area contributed by atoms with Gasteiger partial charge in [-0.3, -0.25) is 0 Å². The second-order valence-corrected chi connectivity index (χ2v) is 4.64. The molecular formula is C13H19ClO2. The van der Waals surface area contributed by atoms with Crippen molar-refractivity contribution in [2.75, 3.05) is 20.3 Å². The van der Waals surface area contributed by atoms with E-state index >= 15 is 0 Å². The lowest BCUT2D eigenvalue weighted by molar-refractivity contribution is 0.0983. The highest BCUT2D eigenvalue weighted by molar-refractivity contribution is 6.30. The van der Waals surface area contributed by atoms with Crippen LogP contribution in [0.3, 0.4) is 0 Å². The number of benzene rings is 1. The smallest absolute Gasteiger partial charge is 0.0491 e. The van der Waals surface area contributed by atoms with Gasteiger partial charge >= 0.3 is 0 Å². The first-order chi connectivity index (χ1) is 7.67. The van der Waals surface area contributed by atoms with Gasteiger partial charge in [-0.1, -0.05) is 30.7 Å².